The van der Waals surface area contributed by atoms with Crippen molar-refractivity contribution in [1.82, 2.24) is 9.62 Å². The predicted octanol–water partition coefficient (Wildman–Crippen LogP) is 4.28. The van der Waals surface area contributed by atoms with E-state index in [4.69, 9.17) is 4.74 Å². The topological polar surface area (TPSA) is 75.7 Å². The van der Waals surface area contributed by atoms with Gasteiger partial charge in [-0.3, -0.25) is 4.79 Å². The number of hydrogen-bond donors (Lipinski definition) is 1. The van der Waals surface area contributed by atoms with Crippen LogP contribution in [0.4, 0.5) is 0 Å². The van der Waals surface area contributed by atoms with Crippen molar-refractivity contribution < 1.29 is 17.9 Å². The molecule has 3 rings (SSSR count). The van der Waals surface area contributed by atoms with Crippen LogP contribution in [0.1, 0.15) is 44.6 Å². The van der Waals surface area contributed by atoms with E-state index in [-0.39, 0.29) is 23.9 Å². The van der Waals surface area contributed by atoms with E-state index in [2.05, 4.69) is 11.4 Å². The van der Waals surface area contributed by atoms with Gasteiger partial charge in [-0.1, -0.05) is 42.0 Å². The summed E-state index contributed by atoms with van der Waals surface area (Å²) in [6.45, 7) is 2.78. The fourth-order valence-electron chi connectivity index (χ4n) is 3.75. The van der Waals surface area contributed by atoms with Crippen molar-refractivity contribution in [3.8, 4) is 5.75 Å². The minimum Gasteiger partial charge on any atom is -0.494 e. The summed E-state index contributed by atoms with van der Waals surface area (Å²) in [5.41, 5.74) is 2.20. The van der Waals surface area contributed by atoms with Crippen molar-refractivity contribution in [2.45, 2.75) is 50.5 Å². The van der Waals surface area contributed by atoms with Gasteiger partial charge in [0.2, 0.25) is 15.9 Å². The molecule has 7 heteroatoms. The van der Waals surface area contributed by atoms with Crippen LogP contribution < -0.4 is 10.1 Å². The number of allylic oxidation sites excluding steroid dienone is 1. The van der Waals surface area contributed by atoms with Gasteiger partial charge in [-0.2, -0.15) is 4.31 Å². The van der Waals surface area contributed by atoms with Crippen LogP contribution in [0.25, 0.3) is 0 Å². The molecule has 2 aromatic rings. The second-order valence-electron chi connectivity index (χ2n) is 7.87. The highest BCUT2D eigenvalue weighted by Gasteiger charge is 2.27. The predicted molar refractivity (Wildman–Crippen MR) is 126 cm³/mol. The number of benzene rings is 2. The third-order valence-electron chi connectivity index (χ3n) is 5.45. The number of carbonyl (C=O) groups is 1. The summed E-state index contributed by atoms with van der Waals surface area (Å²) in [6.07, 6.45) is 7.69. The highest BCUT2D eigenvalue weighted by Crippen LogP contribution is 2.22. The number of nitrogens with zero attached hydrogens (tertiary/aromatic N) is 1. The van der Waals surface area contributed by atoms with Gasteiger partial charge in [0.25, 0.3) is 0 Å². The number of sulfonamides is 1. The fraction of sp³-hybridized carbons (Fsp3) is 0.400. The number of amides is 1. The lowest BCUT2D eigenvalue weighted by Crippen LogP contribution is -2.40. The summed E-state index contributed by atoms with van der Waals surface area (Å²) in [7, 11) is -3.87. The molecule has 0 unspecified atom stereocenters. The van der Waals surface area contributed by atoms with Crippen molar-refractivity contribution in [3.05, 3.63) is 71.8 Å². The molecule has 0 bridgehead atoms. The Hall–Kier alpha value is -2.64. The lowest BCUT2D eigenvalue weighted by atomic mass is 9.97. The lowest BCUT2D eigenvalue weighted by Gasteiger charge is -2.22. The molecule has 1 aliphatic rings. The van der Waals surface area contributed by atoms with Gasteiger partial charge in [-0.15, -0.1) is 0 Å². The molecule has 0 aliphatic heterocycles. The smallest absolute Gasteiger partial charge is 0.243 e. The van der Waals surface area contributed by atoms with Crippen LogP contribution in [-0.2, 0) is 21.4 Å². The Balaban J connectivity index is 1.70. The molecular weight excluding hydrogens is 424 g/mol. The van der Waals surface area contributed by atoms with Crippen LogP contribution in [0, 0.1) is 0 Å². The molecule has 0 aromatic heterocycles. The summed E-state index contributed by atoms with van der Waals surface area (Å²) < 4.78 is 33.4. The molecule has 0 heterocycles. The molecule has 1 N–H and O–H groups in total. The standard InChI is InChI=1S/C25H32N2O4S/c1-2-31-23-13-15-24(16-14-23)32(29,30)27(19-22-11-7-4-8-12-22)20-25(28)26-18-17-21-9-5-3-6-10-21/h4,7-9,11-16H,2-3,5-6,10,17-20H2,1H3,(H,26,28). The minimum absolute atomic E-state index is 0.120. The van der Waals surface area contributed by atoms with Gasteiger partial charge in [0.1, 0.15) is 5.75 Å². The molecule has 0 radical (unpaired) electrons. The van der Waals surface area contributed by atoms with Crippen molar-refractivity contribution in [2.24, 2.45) is 0 Å². The Labute approximate surface area is 191 Å². The van der Waals surface area contributed by atoms with E-state index >= 15 is 0 Å². The van der Waals surface area contributed by atoms with Crippen molar-refractivity contribution in [3.63, 3.8) is 0 Å². The molecule has 32 heavy (non-hydrogen) atoms. The lowest BCUT2D eigenvalue weighted by molar-refractivity contribution is -0.121. The Kier molecular flexibility index (Phi) is 8.88. The number of carbonyl (C=O) groups excluding carboxylic acids is 1. The molecule has 0 spiro atoms. The Bertz CT molecular complexity index is 1000. The maximum absolute atomic E-state index is 13.4. The van der Waals surface area contributed by atoms with E-state index in [9.17, 15) is 13.2 Å². The van der Waals surface area contributed by atoms with E-state index in [0.717, 1.165) is 24.8 Å². The molecule has 1 aliphatic carbocycles. The van der Waals surface area contributed by atoms with E-state index in [1.807, 2.05) is 37.3 Å². The summed E-state index contributed by atoms with van der Waals surface area (Å²) in [6, 6.07) is 15.6. The third-order valence-corrected chi connectivity index (χ3v) is 7.25. The van der Waals surface area contributed by atoms with Crippen molar-refractivity contribution in [1.29, 1.82) is 0 Å². The maximum atomic E-state index is 13.4. The van der Waals surface area contributed by atoms with E-state index < -0.39 is 10.0 Å². The first kappa shape index (κ1) is 24.0. The number of nitrogens with one attached hydrogen (secondary N) is 1. The Morgan fingerprint density at radius 2 is 1.81 bits per heavy atom. The summed E-state index contributed by atoms with van der Waals surface area (Å²) in [4.78, 5) is 12.8. The zero-order valence-electron chi connectivity index (χ0n) is 18.6. The van der Waals surface area contributed by atoms with Crippen LogP contribution in [0.2, 0.25) is 0 Å². The number of ether oxygens (including phenoxy) is 1. The van der Waals surface area contributed by atoms with Crippen LogP contribution in [0.3, 0.4) is 0 Å². The second kappa shape index (κ2) is 11.8. The normalized spacial score (nSPS) is 14.1. The monoisotopic (exact) mass is 456 g/mol. The molecule has 0 saturated heterocycles. The SMILES string of the molecule is CCOc1ccc(S(=O)(=O)N(CC(=O)NCCC2=CCCCC2)Cc2ccccc2)cc1. The van der Waals surface area contributed by atoms with Crippen molar-refractivity contribution >= 4 is 15.9 Å². The highest BCUT2D eigenvalue weighted by atomic mass is 32.2. The fourth-order valence-corrected chi connectivity index (χ4v) is 5.13. The molecule has 0 fully saturated rings. The van der Waals surface area contributed by atoms with Crippen molar-refractivity contribution in [2.75, 3.05) is 19.7 Å². The molecule has 1 amide bonds. The highest BCUT2D eigenvalue weighted by molar-refractivity contribution is 7.89. The minimum atomic E-state index is -3.87. The molecule has 0 atom stereocenters. The molecule has 172 valence electrons. The average molecular weight is 457 g/mol. The van der Waals surface area contributed by atoms with Gasteiger partial charge in [-0.05, 0) is 68.9 Å². The van der Waals surface area contributed by atoms with E-state index in [0.29, 0.717) is 18.9 Å². The summed E-state index contributed by atoms with van der Waals surface area (Å²) >= 11 is 0. The number of hydrogen-bond acceptors (Lipinski definition) is 4. The van der Waals surface area contributed by atoms with E-state index in [1.165, 1.54) is 34.9 Å². The van der Waals surface area contributed by atoms with Gasteiger partial charge in [-0.25, -0.2) is 8.42 Å². The number of rotatable bonds is 11. The first-order chi connectivity index (χ1) is 15.5. The summed E-state index contributed by atoms with van der Waals surface area (Å²) in [5, 5.41) is 2.89. The van der Waals surface area contributed by atoms with E-state index in [1.54, 1.807) is 12.1 Å². The second-order valence-corrected chi connectivity index (χ2v) is 9.81. The molecule has 2 aromatic carbocycles. The van der Waals surface area contributed by atoms with Gasteiger partial charge in [0, 0.05) is 13.1 Å². The quantitative estimate of drug-likeness (QED) is 0.512. The Morgan fingerprint density at radius 1 is 1.06 bits per heavy atom. The Morgan fingerprint density at radius 3 is 2.47 bits per heavy atom. The zero-order valence-corrected chi connectivity index (χ0v) is 19.4. The largest absolute Gasteiger partial charge is 0.494 e. The molecule has 6 nitrogen and oxygen atoms in total. The van der Waals surface area contributed by atoms with Crippen LogP contribution in [0.15, 0.2) is 71.1 Å². The van der Waals surface area contributed by atoms with Gasteiger partial charge < -0.3 is 10.1 Å². The average Bonchev–Trinajstić information content (AvgIpc) is 2.81. The first-order valence-corrected chi connectivity index (χ1v) is 12.6. The summed E-state index contributed by atoms with van der Waals surface area (Å²) in [5.74, 6) is 0.308. The van der Waals surface area contributed by atoms with Gasteiger partial charge in [0.15, 0.2) is 0 Å². The first-order valence-electron chi connectivity index (χ1n) is 11.2. The third kappa shape index (κ3) is 6.93. The van der Waals surface area contributed by atoms with Gasteiger partial charge >= 0.3 is 0 Å². The maximum Gasteiger partial charge on any atom is 0.243 e. The zero-order chi connectivity index (χ0) is 22.8. The van der Waals surface area contributed by atoms with Crippen LogP contribution in [0.5, 0.6) is 5.75 Å². The molecule has 0 saturated carbocycles. The van der Waals surface area contributed by atoms with Crippen LogP contribution in [-0.4, -0.2) is 38.3 Å². The van der Waals surface area contributed by atoms with Gasteiger partial charge in [0.05, 0.1) is 18.0 Å². The van der Waals surface area contributed by atoms with Crippen LogP contribution >= 0.6 is 0 Å². The molecular formula is C25H32N2O4S.